The van der Waals surface area contributed by atoms with Gasteiger partial charge in [-0.1, -0.05) is 36.4 Å². The van der Waals surface area contributed by atoms with E-state index in [1.807, 2.05) is 54.6 Å². The van der Waals surface area contributed by atoms with Crippen LogP contribution in [-0.2, 0) is 5.75 Å². The number of carbonyl (C=O) groups excluding carboxylic acids is 1. The molecule has 1 amide bonds. The van der Waals surface area contributed by atoms with Gasteiger partial charge in [0, 0.05) is 17.0 Å². The maximum Gasteiger partial charge on any atom is 0.255 e. The van der Waals surface area contributed by atoms with Gasteiger partial charge in [0.1, 0.15) is 0 Å². The first-order chi connectivity index (χ1) is 12.0. The number of benzene rings is 2. The molecule has 1 unspecified atom stereocenters. The van der Waals surface area contributed by atoms with Crippen molar-refractivity contribution in [1.29, 1.82) is 0 Å². The van der Waals surface area contributed by atoms with Crippen molar-refractivity contribution < 1.29 is 4.79 Å². The van der Waals surface area contributed by atoms with Crippen molar-refractivity contribution in [3.63, 3.8) is 0 Å². The van der Waals surface area contributed by atoms with Crippen LogP contribution in [0.5, 0.6) is 0 Å². The Morgan fingerprint density at radius 3 is 2.52 bits per heavy atom. The molecular formula is C19H21N3OS2. The minimum atomic E-state index is -0.107. The fourth-order valence-electron chi connectivity index (χ4n) is 2.67. The number of thiocarbonyl (C=S) groups is 1. The topological polar surface area (TPSA) is 53.2 Å². The molecule has 6 heteroatoms. The SMILES string of the molecule is CC1(C)NC(=S)NC1SCc1ccccc1NC(=O)c1ccccc1. The highest BCUT2D eigenvalue weighted by Crippen LogP contribution is 2.30. The van der Waals surface area contributed by atoms with Gasteiger partial charge in [-0.25, -0.2) is 0 Å². The van der Waals surface area contributed by atoms with Crippen molar-refractivity contribution in [1.82, 2.24) is 10.6 Å². The molecule has 1 aliphatic heterocycles. The molecule has 25 heavy (non-hydrogen) atoms. The summed E-state index contributed by atoms with van der Waals surface area (Å²) in [5, 5.41) is 10.5. The smallest absolute Gasteiger partial charge is 0.255 e. The summed E-state index contributed by atoms with van der Waals surface area (Å²) in [4.78, 5) is 12.4. The first kappa shape index (κ1) is 17.8. The van der Waals surface area contributed by atoms with Crippen LogP contribution in [0.15, 0.2) is 54.6 Å². The van der Waals surface area contributed by atoms with Crippen LogP contribution in [0, 0.1) is 0 Å². The Kier molecular flexibility index (Phi) is 5.30. The van der Waals surface area contributed by atoms with Gasteiger partial charge in [-0.2, -0.15) is 0 Å². The number of carbonyl (C=O) groups is 1. The van der Waals surface area contributed by atoms with Gasteiger partial charge in [0.15, 0.2) is 5.11 Å². The quantitative estimate of drug-likeness (QED) is 0.699. The number of rotatable bonds is 5. The summed E-state index contributed by atoms with van der Waals surface area (Å²) < 4.78 is 0. The summed E-state index contributed by atoms with van der Waals surface area (Å²) in [6, 6.07) is 17.1. The first-order valence-electron chi connectivity index (χ1n) is 8.10. The average Bonchev–Trinajstić information content (AvgIpc) is 2.86. The maximum atomic E-state index is 12.4. The van der Waals surface area contributed by atoms with Crippen molar-refractivity contribution in [3.05, 3.63) is 65.7 Å². The molecule has 130 valence electrons. The second-order valence-electron chi connectivity index (χ2n) is 6.49. The van der Waals surface area contributed by atoms with Crippen molar-refractivity contribution in [2.45, 2.75) is 30.5 Å². The Morgan fingerprint density at radius 2 is 1.84 bits per heavy atom. The second kappa shape index (κ2) is 7.45. The predicted octanol–water partition coefficient (Wildman–Crippen LogP) is 3.75. The Morgan fingerprint density at radius 1 is 1.16 bits per heavy atom. The Labute approximate surface area is 157 Å². The minimum absolute atomic E-state index is 0.0970. The summed E-state index contributed by atoms with van der Waals surface area (Å²) in [5.41, 5.74) is 2.48. The van der Waals surface area contributed by atoms with Crippen LogP contribution in [0.3, 0.4) is 0 Å². The van der Waals surface area contributed by atoms with Crippen LogP contribution in [-0.4, -0.2) is 21.9 Å². The lowest BCUT2D eigenvalue weighted by Crippen LogP contribution is -2.41. The number of thioether (sulfide) groups is 1. The molecule has 0 radical (unpaired) electrons. The molecule has 3 N–H and O–H groups in total. The van der Waals surface area contributed by atoms with E-state index >= 15 is 0 Å². The zero-order valence-corrected chi connectivity index (χ0v) is 15.8. The highest BCUT2D eigenvalue weighted by atomic mass is 32.2. The van der Waals surface area contributed by atoms with E-state index in [0.29, 0.717) is 10.7 Å². The van der Waals surface area contributed by atoms with Crippen LogP contribution in [0.4, 0.5) is 5.69 Å². The minimum Gasteiger partial charge on any atom is -0.355 e. The van der Waals surface area contributed by atoms with E-state index in [4.69, 9.17) is 12.2 Å². The maximum absolute atomic E-state index is 12.4. The first-order valence-corrected chi connectivity index (χ1v) is 9.56. The Balaban J connectivity index is 1.69. The molecule has 0 aliphatic carbocycles. The molecule has 1 fully saturated rings. The van der Waals surface area contributed by atoms with Crippen LogP contribution < -0.4 is 16.0 Å². The zero-order chi connectivity index (χ0) is 17.9. The fourth-order valence-corrected chi connectivity index (χ4v) is 4.40. The van der Waals surface area contributed by atoms with Crippen LogP contribution in [0.2, 0.25) is 0 Å². The van der Waals surface area contributed by atoms with E-state index in [1.165, 1.54) is 0 Å². The summed E-state index contributed by atoms with van der Waals surface area (Å²) in [7, 11) is 0. The highest BCUT2D eigenvalue weighted by molar-refractivity contribution is 7.99. The van der Waals surface area contributed by atoms with E-state index in [2.05, 4.69) is 29.8 Å². The molecule has 0 bridgehead atoms. The van der Waals surface area contributed by atoms with Crippen molar-refractivity contribution in [2.24, 2.45) is 0 Å². The molecule has 2 aromatic rings. The van der Waals surface area contributed by atoms with Crippen molar-refractivity contribution in [3.8, 4) is 0 Å². The lowest BCUT2D eigenvalue weighted by atomic mass is 10.1. The molecule has 0 aromatic heterocycles. The number of hydrogen-bond donors (Lipinski definition) is 3. The van der Waals surface area contributed by atoms with Gasteiger partial charge in [-0.05, 0) is 49.8 Å². The number of nitrogens with one attached hydrogen (secondary N) is 3. The Bertz CT molecular complexity index is 777. The summed E-state index contributed by atoms with van der Waals surface area (Å²) in [6.45, 7) is 4.25. The van der Waals surface area contributed by atoms with Gasteiger partial charge >= 0.3 is 0 Å². The molecule has 4 nitrogen and oxygen atoms in total. The number of hydrogen-bond acceptors (Lipinski definition) is 3. The molecule has 1 saturated heterocycles. The van der Waals surface area contributed by atoms with Gasteiger partial charge in [-0.15, -0.1) is 11.8 Å². The van der Waals surface area contributed by atoms with E-state index in [-0.39, 0.29) is 16.8 Å². The predicted molar refractivity (Wildman–Crippen MR) is 109 cm³/mol. The van der Waals surface area contributed by atoms with Crippen molar-refractivity contribution >= 4 is 40.7 Å². The van der Waals surface area contributed by atoms with E-state index in [1.54, 1.807) is 11.8 Å². The molecule has 0 saturated carbocycles. The average molecular weight is 372 g/mol. The molecule has 3 rings (SSSR count). The van der Waals surface area contributed by atoms with Gasteiger partial charge in [0.25, 0.3) is 5.91 Å². The van der Waals surface area contributed by atoms with E-state index in [9.17, 15) is 4.79 Å². The van der Waals surface area contributed by atoms with Gasteiger partial charge in [-0.3, -0.25) is 4.79 Å². The third-order valence-corrected chi connectivity index (χ3v) is 5.80. The van der Waals surface area contributed by atoms with Gasteiger partial charge in [0.05, 0.1) is 10.9 Å². The second-order valence-corrected chi connectivity index (χ2v) is 7.99. The van der Waals surface area contributed by atoms with Crippen LogP contribution in [0.25, 0.3) is 0 Å². The molecular weight excluding hydrogens is 350 g/mol. The summed E-state index contributed by atoms with van der Waals surface area (Å²) in [5.74, 6) is 0.677. The molecule has 1 heterocycles. The summed E-state index contributed by atoms with van der Waals surface area (Å²) >= 11 is 6.99. The monoisotopic (exact) mass is 371 g/mol. The molecule has 2 aromatic carbocycles. The molecule has 1 aliphatic rings. The standard InChI is InChI=1S/C19H21N3OS2/c1-19(2)17(21-18(24)22-19)25-12-14-10-6-7-11-15(14)20-16(23)13-8-4-3-5-9-13/h3-11,17H,12H2,1-2H3,(H,20,23)(H2,21,22,24). The number of para-hydroxylation sites is 1. The lowest BCUT2D eigenvalue weighted by Gasteiger charge is -2.25. The molecule has 0 spiro atoms. The number of amides is 1. The fraction of sp³-hybridized carbons (Fsp3) is 0.263. The molecule has 1 atom stereocenters. The zero-order valence-electron chi connectivity index (χ0n) is 14.2. The highest BCUT2D eigenvalue weighted by Gasteiger charge is 2.36. The Hall–Kier alpha value is -2.05. The van der Waals surface area contributed by atoms with E-state index in [0.717, 1.165) is 17.0 Å². The van der Waals surface area contributed by atoms with Gasteiger partial charge in [0.2, 0.25) is 0 Å². The van der Waals surface area contributed by atoms with Crippen LogP contribution >= 0.6 is 24.0 Å². The third-order valence-electron chi connectivity index (χ3n) is 4.06. The third kappa shape index (κ3) is 4.32. The number of anilines is 1. The van der Waals surface area contributed by atoms with Crippen molar-refractivity contribution in [2.75, 3.05) is 5.32 Å². The largest absolute Gasteiger partial charge is 0.355 e. The lowest BCUT2D eigenvalue weighted by molar-refractivity contribution is 0.102. The van der Waals surface area contributed by atoms with Crippen LogP contribution in [0.1, 0.15) is 29.8 Å². The normalized spacial score (nSPS) is 18.3. The van der Waals surface area contributed by atoms with Gasteiger partial charge < -0.3 is 16.0 Å². The van der Waals surface area contributed by atoms with E-state index < -0.39 is 0 Å². The summed E-state index contributed by atoms with van der Waals surface area (Å²) in [6.07, 6.45) is 0.